The summed E-state index contributed by atoms with van der Waals surface area (Å²) in [6.45, 7) is 5.08. The molecule has 6 heteroatoms. The number of carbonyl (C=O) groups excluding carboxylic acids is 1. The van der Waals surface area contributed by atoms with Crippen LogP contribution in [-0.4, -0.2) is 48.5 Å². The molecule has 1 atom stereocenters. The number of rotatable bonds is 7. The van der Waals surface area contributed by atoms with Crippen molar-refractivity contribution < 1.29 is 13.2 Å². The van der Waals surface area contributed by atoms with E-state index >= 15 is 0 Å². The summed E-state index contributed by atoms with van der Waals surface area (Å²) in [5.74, 6) is 0.00671. The van der Waals surface area contributed by atoms with E-state index in [0.717, 1.165) is 12.8 Å². The van der Waals surface area contributed by atoms with Gasteiger partial charge in [-0.2, -0.15) is 17.0 Å². The van der Waals surface area contributed by atoms with Crippen LogP contribution in [0.15, 0.2) is 30.3 Å². The van der Waals surface area contributed by atoms with Gasteiger partial charge >= 0.3 is 0 Å². The predicted molar refractivity (Wildman–Crippen MR) is 87.0 cm³/mol. The fourth-order valence-electron chi connectivity index (χ4n) is 2.97. The number of carbonyl (C=O) groups is 1. The molecule has 0 unspecified atom stereocenters. The highest BCUT2D eigenvalue weighted by Gasteiger charge is 2.37. The lowest BCUT2D eigenvalue weighted by Gasteiger charge is -2.29. The second-order valence-electron chi connectivity index (χ2n) is 5.49. The van der Waals surface area contributed by atoms with E-state index in [1.165, 1.54) is 8.61 Å². The minimum atomic E-state index is -3.46. The molecule has 1 heterocycles. The van der Waals surface area contributed by atoms with E-state index < -0.39 is 10.2 Å². The standard InChI is InChI=1S/C16H24N2O3S/c1-3-17(4-2)22(20,21)18-12-8-11-15(18)13-16(19)14-9-6-5-7-10-14/h5-7,9-10,15H,3-4,8,11-13H2,1-2H3/t15-/m1/s1. The molecule has 122 valence electrons. The van der Waals surface area contributed by atoms with Crippen LogP contribution in [0.25, 0.3) is 0 Å². The molecule has 0 radical (unpaired) electrons. The lowest BCUT2D eigenvalue weighted by Crippen LogP contribution is -2.46. The molecule has 1 aromatic rings. The van der Waals surface area contributed by atoms with Gasteiger partial charge in [0.25, 0.3) is 10.2 Å². The van der Waals surface area contributed by atoms with Crippen molar-refractivity contribution in [2.45, 2.75) is 39.2 Å². The average molecular weight is 324 g/mol. The molecule has 1 saturated heterocycles. The monoisotopic (exact) mass is 324 g/mol. The second-order valence-corrected chi connectivity index (χ2v) is 7.37. The fraction of sp³-hybridized carbons (Fsp3) is 0.562. The summed E-state index contributed by atoms with van der Waals surface area (Å²) in [6, 6.07) is 8.85. The summed E-state index contributed by atoms with van der Waals surface area (Å²) in [6.07, 6.45) is 1.82. The van der Waals surface area contributed by atoms with Crippen LogP contribution < -0.4 is 0 Å². The van der Waals surface area contributed by atoms with Crippen LogP contribution in [0.4, 0.5) is 0 Å². The molecule has 1 aliphatic heterocycles. The Morgan fingerprint density at radius 1 is 1.23 bits per heavy atom. The second kappa shape index (κ2) is 7.35. The van der Waals surface area contributed by atoms with Gasteiger partial charge in [0.05, 0.1) is 0 Å². The van der Waals surface area contributed by atoms with Gasteiger partial charge in [0.2, 0.25) is 0 Å². The van der Waals surface area contributed by atoms with Crippen molar-refractivity contribution in [1.82, 2.24) is 8.61 Å². The van der Waals surface area contributed by atoms with E-state index in [0.29, 0.717) is 25.2 Å². The molecule has 0 saturated carbocycles. The highest BCUT2D eigenvalue weighted by Crippen LogP contribution is 2.26. The molecule has 2 rings (SSSR count). The Bertz CT molecular complexity index is 597. The predicted octanol–water partition coefficient (Wildman–Crippen LogP) is 2.31. The van der Waals surface area contributed by atoms with Crippen LogP contribution in [0.3, 0.4) is 0 Å². The van der Waals surface area contributed by atoms with Gasteiger partial charge in [-0.05, 0) is 12.8 Å². The van der Waals surface area contributed by atoms with Crippen LogP contribution in [0.2, 0.25) is 0 Å². The molecule has 0 spiro atoms. The number of nitrogens with zero attached hydrogens (tertiary/aromatic N) is 2. The van der Waals surface area contributed by atoms with Crippen LogP contribution >= 0.6 is 0 Å². The summed E-state index contributed by atoms with van der Waals surface area (Å²) in [7, 11) is -3.46. The molecular weight excluding hydrogens is 300 g/mol. The van der Waals surface area contributed by atoms with Gasteiger partial charge in [-0.15, -0.1) is 0 Å². The molecule has 22 heavy (non-hydrogen) atoms. The topological polar surface area (TPSA) is 57.7 Å². The van der Waals surface area contributed by atoms with Gasteiger partial charge in [-0.3, -0.25) is 4.79 Å². The summed E-state index contributed by atoms with van der Waals surface area (Å²) >= 11 is 0. The first-order chi connectivity index (χ1) is 10.5. The van der Waals surface area contributed by atoms with Gasteiger partial charge in [-0.25, -0.2) is 0 Å². The zero-order valence-electron chi connectivity index (χ0n) is 13.2. The van der Waals surface area contributed by atoms with Crippen molar-refractivity contribution in [3.8, 4) is 0 Å². The first-order valence-corrected chi connectivity index (χ1v) is 9.25. The lowest BCUT2D eigenvalue weighted by atomic mass is 10.0. The van der Waals surface area contributed by atoms with Crippen molar-refractivity contribution in [2.75, 3.05) is 19.6 Å². The third kappa shape index (κ3) is 3.56. The molecule has 0 N–H and O–H groups in total. The van der Waals surface area contributed by atoms with Crippen molar-refractivity contribution in [2.24, 2.45) is 0 Å². The number of benzene rings is 1. The fourth-order valence-corrected chi connectivity index (χ4v) is 4.84. The number of ketones is 1. The van der Waals surface area contributed by atoms with Gasteiger partial charge in [-0.1, -0.05) is 44.2 Å². The van der Waals surface area contributed by atoms with Crippen LogP contribution in [0, 0.1) is 0 Å². The highest BCUT2D eigenvalue weighted by molar-refractivity contribution is 7.86. The average Bonchev–Trinajstić information content (AvgIpc) is 2.98. The van der Waals surface area contributed by atoms with E-state index in [2.05, 4.69) is 0 Å². The van der Waals surface area contributed by atoms with E-state index in [4.69, 9.17) is 0 Å². The first kappa shape index (κ1) is 17.1. The molecular formula is C16H24N2O3S. The Labute approximate surface area is 133 Å². The Balaban J connectivity index is 2.13. The lowest BCUT2D eigenvalue weighted by molar-refractivity contribution is 0.0960. The Morgan fingerprint density at radius 3 is 2.45 bits per heavy atom. The van der Waals surface area contributed by atoms with E-state index in [1.54, 1.807) is 12.1 Å². The molecule has 5 nitrogen and oxygen atoms in total. The highest BCUT2D eigenvalue weighted by atomic mass is 32.2. The maximum absolute atomic E-state index is 12.7. The van der Waals surface area contributed by atoms with E-state index in [9.17, 15) is 13.2 Å². The molecule has 1 aliphatic rings. The van der Waals surface area contributed by atoms with Gasteiger partial charge in [0.15, 0.2) is 5.78 Å². The van der Waals surface area contributed by atoms with Gasteiger partial charge < -0.3 is 0 Å². The third-order valence-corrected chi connectivity index (χ3v) is 6.41. The van der Waals surface area contributed by atoms with Crippen LogP contribution in [0.1, 0.15) is 43.5 Å². The van der Waals surface area contributed by atoms with Gasteiger partial charge in [0, 0.05) is 37.7 Å². The quantitative estimate of drug-likeness (QED) is 0.723. The largest absolute Gasteiger partial charge is 0.294 e. The normalized spacial score (nSPS) is 19.7. The third-order valence-electron chi connectivity index (χ3n) is 4.17. The van der Waals surface area contributed by atoms with Crippen molar-refractivity contribution >= 4 is 16.0 Å². The molecule has 0 bridgehead atoms. The van der Waals surface area contributed by atoms with Crippen LogP contribution in [0.5, 0.6) is 0 Å². The summed E-state index contributed by atoms with van der Waals surface area (Å²) in [5.41, 5.74) is 0.648. The summed E-state index contributed by atoms with van der Waals surface area (Å²) in [4.78, 5) is 12.3. The zero-order chi connectivity index (χ0) is 16.2. The Hall–Kier alpha value is -1.24. The first-order valence-electron chi connectivity index (χ1n) is 7.85. The smallest absolute Gasteiger partial charge is 0.282 e. The number of hydrogen-bond acceptors (Lipinski definition) is 3. The molecule has 0 amide bonds. The SMILES string of the molecule is CCN(CC)S(=O)(=O)N1CCC[C@@H]1CC(=O)c1ccccc1. The minimum absolute atomic E-state index is 0.00671. The van der Waals surface area contributed by atoms with E-state index in [-0.39, 0.29) is 18.2 Å². The van der Waals surface area contributed by atoms with Crippen molar-refractivity contribution in [3.63, 3.8) is 0 Å². The van der Waals surface area contributed by atoms with Crippen molar-refractivity contribution in [1.29, 1.82) is 0 Å². The zero-order valence-corrected chi connectivity index (χ0v) is 14.1. The van der Waals surface area contributed by atoms with Crippen LogP contribution in [-0.2, 0) is 10.2 Å². The van der Waals surface area contributed by atoms with Gasteiger partial charge in [0.1, 0.15) is 0 Å². The molecule has 1 fully saturated rings. The van der Waals surface area contributed by atoms with Crippen molar-refractivity contribution in [3.05, 3.63) is 35.9 Å². The molecule has 1 aromatic carbocycles. The maximum atomic E-state index is 12.7. The minimum Gasteiger partial charge on any atom is -0.294 e. The molecule has 0 aliphatic carbocycles. The maximum Gasteiger partial charge on any atom is 0.282 e. The van der Waals surface area contributed by atoms with E-state index in [1.807, 2.05) is 32.0 Å². The Kier molecular flexibility index (Phi) is 5.72. The Morgan fingerprint density at radius 2 is 1.86 bits per heavy atom. The number of hydrogen-bond donors (Lipinski definition) is 0. The molecule has 0 aromatic heterocycles. The number of Topliss-reactive ketones (excluding diaryl/α,β-unsaturated/α-hetero) is 1. The summed E-state index contributed by atoms with van der Waals surface area (Å²) in [5, 5.41) is 0. The summed E-state index contributed by atoms with van der Waals surface area (Å²) < 4.78 is 28.3.